The van der Waals surface area contributed by atoms with E-state index in [4.69, 9.17) is 4.74 Å². The van der Waals surface area contributed by atoms with E-state index in [2.05, 4.69) is 5.32 Å². The van der Waals surface area contributed by atoms with Crippen LogP contribution >= 0.6 is 11.8 Å². The normalized spacial score (nSPS) is 15.8. The highest BCUT2D eigenvalue weighted by molar-refractivity contribution is 8.18. The van der Waals surface area contributed by atoms with Gasteiger partial charge in [-0.25, -0.2) is 4.39 Å². The molecule has 0 radical (unpaired) electrons. The van der Waals surface area contributed by atoms with Crippen molar-refractivity contribution in [3.63, 3.8) is 0 Å². The van der Waals surface area contributed by atoms with Gasteiger partial charge >= 0.3 is 0 Å². The van der Waals surface area contributed by atoms with Gasteiger partial charge in [-0.2, -0.15) is 0 Å². The highest BCUT2D eigenvalue weighted by atomic mass is 32.2. The lowest BCUT2D eigenvalue weighted by Gasteiger charge is -2.06. The molecular weight excluding hydrogens is 317 g/mol. The van der Waals surface area contributed by atoms with Crippen molar-refractivity contribution < 1.29 is 18.7 Å². The molecular formula is C17H12FNO3S. The molecule has 1 aliphatic heterocycles. The minimum Gasteiger partial charge on any atom is -0.489 e. The lowest BCUT2D eigenvalue weighted by molar-refractivity contribution is -0.115. The Kier molecular flexibility index (Phi) is 4.43. The molecule has 2 aromatic rings. The molecule has 0 atom stereocenters. The van der Waals surface area contributed by atoms with E-state index in [9.17, 15) is 14.0 Å². The number of hydrogen-bond donors (Lipinski definition) is 1. The van der Waals surface area contributed by atoms with Gasteiger partial charge in [0.2, 0.25) is 0 Å². The largest absolute Gasteiger partial charge is 0.489 e. The second-order valence-electron chi connectivity index (χ2n) is 4.84. The Morgan fingerprint density at radius 2 is 1.74 bits per heavy atom. The second kappa shape index (κ2) is 6.66. The molecule has 0 saturated carbocycles. The first-order chi connectivity index (χ1) is 11.1. The molecule has 23 heavy (non-hydrogen) atoms. The SMILES string of the molecule is O=C1NC(=O)/C(=C/c2ccc(OCc3ccc(F)cc3)cc2)S1. The van der Waals surface area contributed by atoms with E-state index in [1.165, 1.54) is 12.1 Å². The summed E-state index contributed by atoms with van der Waals surface area (Å²) >= 11 is 0.881. The fraction of sp³-hybridized carbons (Fsp3) is 0.0588. The first-order valence-electron chi connectivity index (χ1n) is 6.82. The third-order valence-corrected chi connectivity index (χ3v) is 3.95. The van der Waals surface area contributed by atoms with Crippen molar-refractivity contribution in [3.8, 4) is 5.75 Å². The molecule has 0 unspecified atom stereocenters. The quantitative estimate of drug-likeness (QED) is 0.869. The smallest absolute Gasteiger partial charge is 0.290 e. The molecule has 2 aromatic carbocycles. The van der Waals surface area contributed by atoms with Gasteiger partial charge in [0, 0.05) is 0 Å². The Morgan fingerprint density at radius 1 is 1.04 bits per heavy atom. The molecule has 2 amide bonds. The molecule has 4 nitrogen and oxygen atoms in total. The zero-order valence-corrected chi connectivity index (χ0v) is 12.7. The number of halogens is 1. The number of hydrogen-bond acceptors (Lipinski definition) is 4. The van der Waals surface area contributed by atoms with Crippen LogP contribution in [0.3, 0.4) is 0 Å². The molecule has 1 heterocycles. The van der Waals surface area contributed by atoms with Crippen LogP contribution in [-0.2, 0) is 11.4 Å². The molecule has 1 N–H and O–H groups in total. The lowest BCUT2D eigenvalue weighted by atomic mass is 10.2. The average molecular weight is 329 g/mol. The summed E-state index contributed by atoms with van der Waals surface area (Å²) in [7, 11) is 0. The summed E-state index contributed by atoms with van der Waals surface area (Å²) in [5, 5.41) is 1.85. The van der Waals surface area contributed by atoms with E-state index in [0.29, 0.717) is 17.3 Å². The van der Waals surface area contributed by atoms with Gasteiger partial charge in [-0.1, -0.05) is 24.3 Å². The first-order valence-corrected chi connectivity index (χ1v) is 7.64. The standard InChI is InChI=1S/C17H12FNO3S/c18-13-5-1-12(2-6-13)10-22-14-7-3-11(4-8-14)9-15-16(20)19-17(21)23-15/h1-9H,10H2,(H,19,20,21)/b15-9-. The average Bonchev–Trinajstić information content (AvgIpc) is 2.86. The van der Waals surface area contributed by atoms with E-state index >= 15 is 0 Å². The number of thioether (sulfide) groups is 1. The van der Waals surface area contributed by atoms with Crippen LogP contribution in [0.2, 0.25) is 0 Å². The topological polar surface area (TPSA) is 55.4 Å². The summed E-state index contributed by atoms with van der Waals surface area (Å²) < 4.78 is 18.4. The van der Waals surface area contributed by atoms with Crippen LogP contribution in [0.4, 0.5) is 9.18 Å². The Bertz CT molecular complexity index is 769. The summed E-state index contributed by atoms with van der Waals surface area (Å²) in [6.07, 6.45) is 1.65. The van der Waals surface area contributed by atoms with Crippen LogP contribution in [0.15, 0.2) is 53.4 Å². The van der Waals surface area contributed by atoms with E-state index in [0.717, 1.165) is 22.9 Å². The predicted molar refractivity (Wildman–Crippen MR) is 86.3 cm³/mol. The Balaban J connectivity index is 1.63. The lowest BCUT2D eigenvalue weighted by Crippen LogP contribution is -2.17. The first kappa shape index (κ1) is 15.3. The fourth-order valence-electron chi connectivity index (χ4n) is 1.98. The van der Waals surface area contributed by atoms with Gasteiger partial charge in [-0.05, 0) is 53.2 Å². The van der Waals surface area contributed by atoms with Crippen molar-refractivity contribution in [2.75, 3.05) is 0 Å². The van der Waals surface area contributed by atoms with Gasteiger partial charge in [-0.3, -0.25) is 14.9 Å². The Labute approximate surface area is 136 Å². The molecule has 1 saturated heterocycles. The van der Waals surface area contributed by atoms with Crippen LogP contribution in [0.1, 0.15) is 11.1 Å². The van der Waals surface area contributed by atoms with Crippen molar-refractivity contribution >= 4 is 29.0 Å². The summed E-state index contributed by atoms with van der Waals surface area (Å²) in [6, 6.07) is 13.2. The van der Waals surface area contributed by atoms with E-state index in [1.807, 2.05) is 0 Å². The highest BCUT2D eigenvalue weighted by Crippen LogP contribution is 2.26. The minimum atomic E-state index is -0.378. The second-order valence-corrected chi connectivity index (χ2v) is 5.85. The third kappa shape index (κ3) is 3.98. The van der Waals surface area contributed by atoms with Crippen LogP contribution in [0.25, 0.3) is 6.08 Å². The molecule has 0 spiro atoms. The van der Waals surface area contributed by atoms with Gasteiger partial charge in [0.25, 0.3) is 11.1 Å². The maximum atomic E-state index is 12.8. The Hall–Kier alpha value is -2.60. The van der Waals surface area contributed by atoms with Crippen molar-refractivity contribution in [1.82, 2.24) is 5.32 Å². The summed E-state index contributed by atoms with van der Waals surface area (Å²) in [4.78, 5) is 22.9. The van der Waals surface area contributed by atoms with Crippen LogP contribution in [0, 0.1) is 5.82 Å². The van der Waals surface area contributed by atoms with Gasteiger partial charge in [-0.15, -0.1) is 0 Å². The number of carbonyl (C=O) groups excluding carboxylic acids is 2. The van der Waals surface area contributed by atoms with Crippen LogP contribution in [-0.4, -0.2) is 11.1 Å². The zero-order valence-electron chi connectivity index (χ0n) is 11.9. The van der Waals surface area contributed by atoms with Gasteiger partial charge in [0.05, 0.1) is 4.91 Å². The molecule has 116 valence electrons. The van der Waals surface area contributed by atoms with Crippen LogP contribution in [0.5, 0.6) is 5.75 Å². The maximum Gasteiger partial charge on any atom is 0.290 e. The van der Waals surface area contributed by atoms with Gasteiger partial charge in [0.15, 0.2) is 0 Å². The molecule has 1 fully saturated rings. The van der Waals surface area contributed by atoms with E-state index in [1.54, 1.807) is 42.5 Å². The maximum absolute atomic E-state index is 12.8. The number of nitrogens with one attached hydrogen (secondary N) is 1. The zero-order chi connectivity index (χ0) is 16.2. The number of ether oxygens (including phenoxy) is 1. The Morgan fingerprint density at radius 3 is 2.35 bits per heavy atom. The molecule has 3 rings (SSSR count). The van der Waals surface area contributed by atoms with E-state index < -0.39 is 0 Å². The predicted octanol–water partition coefficient (Wildman–Crippen LogP) is 3.73. The van der Waals surface area contributed by atoms with Crippen molar-refractivity contribution in [1.29, 1.82) is 0 Å². The van der Waals surface area contributed by atoms with Crippen molar-refractivity contribution in [2.45, 2.75) is 6.61 Å². The van der Waals surface area contributed by atoms with Crippen LogP contribution < -0.4 is 10.1 Å². The van der Waals surface area contributed by atoms with Crippen molar-refractivity contribution in [3.05, 3.63) is 70.4 Å². The summed E-state index contributed by atoms with van der Waals surface area (Å²) in [6.45, 7) is 0.341. The molecule has 6 heteroatoms. The summed E-state index contributed by atoms with van der Waals surface area (Å²) in [5.74, 6) is 0.00570. The molecule has 1 aliphatic rings. The number of amides is 2. The highest BCUT2D eigenvalue weighted by Gasteiger charge is 2.24. The van der Waals surface area contributed by atoms with Gasteiger partial charge in [0.1, 0.15) is 18.2 Å². The monoisotopic (exact) mass is 329 g/mol. The minimum absolute atomic E-state index is 0.279. The third-order valence-electron chi connectivity index (χ3n) is 3.14. The summed E-state index contributed by atoms with van der Waals surface area (Å²) in [5.41, 5.74) is 1.67. The number of benzene rings is 2. The molecule has 0 aromatic heterocycles. The molecule has 0 bridgehead atoms. The molecule has 0 aliphatic carbocycles. The number of carbonyl (C=O) groups is 2. The number of imide groups is 1. The van der Waals surface area contributed by atoms with Crippen molar-refractivity contribution in [2.24, 2.45) is 0 Å². The number of rotatable bonds is 4. The van der Waals surface area contributed by atoms with E-state index in [-0.39, 0.29) is 17.0 Å². The fourth-order valence-corrected chi connectivity index (χ4v) is 2.66. The van der Waals surface area contributed by atoms with Gasteiger partial charge < -0.3 is 4.74 Å².